The second-order valence-corrected chi connectivity index (χ2v) is 10.4. The molecule has 6 nitrogen and oxygen atoms in total. The molecule has 0 amide bonds. The van der Waals surface area contributed by atoms with Crippen LogP contribution in [0.5, 0.6) is 0 Å². The van der Waals surface area contributed by atoms with E-state index in [0.29, 0.717) is 23.0 Å². The van der Waals surface area contributed by atoms with Crippen molar-refractivity contribution < 1.29 is 23.1 Å². The van der Waals surface area contributed by atoms with Crippen LogP contribution in [-0.4, -0.2) is 45.3 Å². The van der Waals surface area contributed by atoms with Gasteiger partial charge in [0.1, 0.15) is 11.6 Å². The predicted molar refractivity (Wildman–Crippen MR) is 139 cm³/mol. The number of carboxylic acid groups (broad SMARTS) is 1. The van der Waals surface area contributed by atoms with Crippen LogP contribution in [0.1, 0.15) is 76.1 Å². The molecule has 1 aliphatic heterocycles. The largest absolute Gasteiger partial charge is 0.481 e. The second-order valence-electron chi connectivity index (χ2n) is 10.4. The number of pyridine rings is 1. The van der Waals surface area contributed by atoms with Gasteiger partial charge in [-0.2, -0.15) is 13.2 Å². The number of aromatic nitrogens is 3. The molecule has 3 heterocycles. The Labute approximate surface area is 215 Å². The van der Waals surface area contributed by atoms with Crippen LogP contribution in [0.2, 0.25) is 0 Å². The molecule has 0 spiro atoms. The number of carbonyl (C=O) groups is 1. The fourth-order valence-corrected chi connectivity index (χ4v) is 5.93. The van der Waals surface area contributed by atoms with Gasteiger partial charge in [0, 0.05) is 36.8 Å². The fourth-order valence-electron chi connectivity index (χ4n) is 5.93. The van der Waals surface area contributed by atoms with Crippen LogP contribution in [0.4, 0.5) is 19.0 Å². The first-order chi connectivity index (χ1) is 17.6. The molecule has 2 aliphatic rings. The molecule has 1 saturated heterocycles. The lowest BCUT2D eigenvalue weighted by molar-refractivity contribution is -0.138. The smallest absolute Gasteiger partial charge is 0.412 e. The lowest BCUT2D eigenvalue weighted by Gasteiger charge is -2.48. The third kappa shape index (κ3) is 6.25. The van der Waals surface area contributed by atoms with Gasteiger partial charge in [-0.25, -0.2) is 9.97 Å². The fraction of sp³-hybridized carbons (Fsp3) is 0.536. The van der Waals surface area contributed by atoms with Crippen LogP contribution in [0.25, 0.3) is 23.5 Å². The van der Waals surface area contributed by atoms with Gasteiger partial charge in [0.25, 0.3) is 0 Å². The number of imidazole rings is 1. The number of halogens is 3. The normalized spacial score (nSPS) is 19.1. The zero-order valence-corrected chi connectivity index (χ0v) is 21.3. The number of piperidine rings is 1. The van der Waals surface area contributed by atoms with Gasteiger partial charge in [0.05, 0.1) is 11.4 Å². The summed E-state index contributed by atoms with van der Waals surface area (Å²) >= 11 is 0. The van der Waals surface area contributed by atoms with Gasteiger partial charge in [-0.05, 0) is 74.6 Å². The van der Waals surface area contributed by atoms with Crippen molar-refractivity contribution in [3.05, 3.63) is 41.9 Å². The Kier molecular flexibility index (Phi) is 8.09. The number of carboxylic acids is 1. The Hall–Kier alpha value is -3.10. The number of nitrogens with one attached hydrogen (secondary N) is 1. The number of H-pyrrole nitrogens is 1. The number of allylic oxidation sites excluding steroid dienone is 1. The molecule has 0 aromatic carbocycles. The molecule has 0 radical (unpaired) electrons. The topological polar surface area (TPSA) is 82.1 Å². The van der Waals surface area contributed by atoms with Crippen molar-refractivity contribution >= 4 is 23.9 Å². The van der Waals surface area contributed by atoms with Gasteiger partial charge in [-0.3, -0.25) is 4.79 Å². The molecule has 2 N–H and O–H groups in total. The molecule has 2 aromatic rings. The summed E-state index contributed by atoms with van der Waals surface area (Å²) in [5.74, 6) is 1.14. The van der Waals surface area contributed by atoms with E-state index in [0.717, 1.165) is 51.2 Å². The van der Waals surface area contributed by atoms with Crippen LogP contribution >= 0.6 is 0 Å². The number of hydrogen-bond donors (Lipinski definition) is 2. The monoisotopic (exact) mass is 516 g/mol. The average Bonchev–Trinajstić information content (AvgIpc) is 3.30. The standard InChI is InChI=1S/C28H35F3N4O2/c1-3-22-23(17-19(2)28(29,30)31)34-26(33-22)20-9-10-24(32-18-20)35-15-13-27(14-16-35,12-11-25(36)37)21-7-5-4-6-8-21/h3,9-10,17-18,21H,1,4-8,11-16H2,2H3,(H,33,34)(H,36,37)/b19-17+. The van der Waals surface area contributed by atoms with Crippen molar-refractivity contribution in [1.29, 1.82) is 0 Å². The Balaban J connectivity index is 1.47. The van der Waals surface area contributed by atoms with Crippen molar-refractivity contribution in [3.63, 3.8) is 0 Å². The van der Waals surface area contributed by atoms with E-state index >= 15 is 0 Å². The minimum absolute atomic E-state index is 0.0863. The van der Waals surface area contributed by atoms with Crippen molar-refractivity contribution in [2.75, 3.05) is 18.0 Å². The van der Waals surface area contributed by atoms with Crippen LogP contribution < -0.4 is 4.90 Å². The lowest BCUT2D eigenvalue weighted by atomic mass is 9.61. The van der Waals surface area contributed by atoms with Crippen molar-refractivity contribution in [2.24, 2.45) is 11.3 Å². The first-order valence-corrected chi connectivity index (χ1v) is 13.0. The summed E-state index contributed by atoms with van der Waals surface area (Å²) in [4.78, 5) is 25.6. The third-order valence-electron chi connectivity index (χ3n) is 8.18. The summed E-state index contributed by atoms with van der Waals surface area (Å²) in [5, 5.41) is 9.33. The number of aromatic amines is 1. The Morgan fingerprint density at radius 3 is 2.51 bits per heavy atom. The molecular formula is C28H35F3N4O2. The van der Waals surface area contributed by atoms with Crippen molar-refractivity contribution in [2.45, 2.75) is 70.9 Å². The number of nitrogens with zero attached hydrogens (tertiary/aromatic N) is 3. The molecule has 4 rings (SSSR count). The van der Waals surface area contributed by atoms with E-state index in [1.807, 2.05) is 12.1 Å². The SMILES string of the molecule is C=Cc1nc(-c2ccc(N3CCC(CCC(=O)O)(C4CCCCC4)CC3)nc2)[nH]c1/C=C(\C)C(F)(F)F. The van der Waals surface area contributed by atoms with E-state index in [1.54, 1.807) is 6.20 Å². The highest BCUT2D eigenvalue weighted by Crippen LogP contribution is 2.49. The zero-order valence-electron chi connectivity index (χ0n) is 21.3. The molecule has 2 aromatic heterocycles. The van der Waals surface area contributed by atoms with Gasteiger partial charge < -0.3 is 15.0 Å². The van der Waals surface area contributed by atoms with Crippen LogP contribution in [-0.2, 0) is 4.79 Å². The molecule has 200 valence electrons. The summed E-state index contributed by atoms with van der Waals surface area (Å²) in [5.41, 5.74) is 0.630. The Morgan fingerprint density at radius 1 is 1.24 bits per heavy atom. The molecule has 0 bridgehead atoms. The molecule has 0 unspecified atom stereocenters. The molecule has 0 atom stereocenters. The first-order valence-electron chi connectivity index (χ1n) is 13.0. The molecular weight excluding hydrogens is 481 g/mol. The third-order valence-corrected chi connectivity index (χ3v) is 8.18. The summed E-state index contributed by atoms with van der Waals surface area (Å²) in [7, 11) is 0. The predicted octanol–water partition coefficient (Wildman–Crippen LogP) is 7.11. The van der Waals surface area contributed by atoms with Crippen LogP contribution in [0, 0.1) is 11.3 Å². The first kappa shape index (κ1) is 26.9. The molecule has 2 fully saturated rings. The quantitative estimate of drug-likeness (QED) is 0.391. The van der Waals surface area contributed by atoms with Crippen molar-refractivity contribution in [3.8, 4) is 11.4 Å². The van der Waals surface area contributed by atoms with E-state index in [-0.39, 0.29) is 17.5 Å². The number of alkyl halides is 3. The van der Waals surface area contributed by atoms with Gasteiger partial charge in [-0.1, -0.05) is 25.8 Å². The number of hydrogen-bond acceptors (Lipinski definition) is 4. The van der Waals surface area contributed by atoms with E-state index in [9.17, 15) is 23.1 Å². The van der Waals surface area contributed by atoms with Gasteiger partial charge >= 0.3 is 12.1 Å². The average molecular weight is 517 g/mol. The molecule has 37 heavy (non-hydrogen) atoms. The Bertz CT molecular complexity index is 1120. The van der Waals surface area contributed by atoms with E-state index in [2.05, 4.69) is 26.4 Å². The second kappa shape index (κ2) is 11.1. The molecule has 9 heteroatoms. The minimum atomic E-state index is -4.41. The summed E-state index contributed by atoms with van der Waals surface area (Å²) in [6.45, 7) is 6.34. The maximum Gasteiger partial charge on any atom is 0.412 e. The Morgan fingerprint density at radius 2 is 1.95 bits per heavy atom. The van der Waals surface area contributed by atoms with Gasteiger partial charge in [0.15, 0.2) is 0 Å². The van der Waals surface area contributed by atoms with E-state index < -0.39 is 17.7 Å². The number of anilines is 1. The summed E-state index contributed by atoms with van der Waals surface area (Å²) in [6.07, 6.45) is 8.75. The number of aliphatic carboxylic acids is 1. The van der Waals surface area contributed by atoms with Gasteiger partial charge in [-0.15, -0.1) is 0 Å². The maximum atomic E-state index is 13.0. The summed E-state index contributed by atoms with van der Waals surface area (Å²) < 4.78 is 39.0. The number of rotatable bonds is 8. The van der Waals surface area contributed by atoms with E-state index in [1.165, 1.54) is 38.2 Å². The highest BCUT2D eigenvalue weighted by molar-refractivity contribution is 5.67. The minimum Gasteiger partial charge on any atom is -0.481 e. The summed E-state index contributed by atoms with van der Waals surface area (Å²) in [6, 6.07) is 3.78. The zero-order chi connectivity index (χ0) is 26.6. The van der Waals surface area contributed by atoms with Crippen LogP contribution in [0.15, 0.2) is 30.5 Å². The molecule has 1 saturated carbocycles. The maximum absolute atomic E-state index is 13.0. The highest BCUT2D eigenvalue weighted by Gasteiger charge is 2.41. The van der Waals surface area contributed by atoms with Gasteiger partial charge in [0.2, 0.25) is 0 Å². The van der Waals surface area contributed by atoms with Crippen molar-refractivity contribution in [1.82, 2.24) is 15.0 Å². The highest BCUT2D eigenvalue weighted by atomic mass is 19.4. The van der Waals surface area contributed by atoms with Crippen LogP contribution in [0.3, 0.4) is 0 Å². The molecule has 1 aliphatic carbocycles. The lowest BCUT2D eigenvalue weighted by Crippen LogP contribution is -2.45. The van der Waals surface area contributed by atoms with E-state index in [4.69, 9.17) is 0 Å².